The van der Waals surface area contributed by atoms with Crippen LogP contribution in [0.3, 0.4) is 0 Å². The number of hydrogen-bond donors (Lipinski definition) is 1. The average Bonchev–Trinajstić information content (AvgIpc) is 2.92. The molecule has 0 aliphatic rings. The molecule has 2 heterocycles. The molecule has 2 rings (SSSR count). The van der Waals surface area contributed by atoms with E-state index in [1.807, 2.05) is 19.1 Å². The van der Waals surface area contributed by atoms with Gasteiger partial charge in [0, 0.05) is 18.0 Å². The van der Waals surface area contributed by atoms with Gasteiger partial charge in [-0.1, -0.05) is 13.8 Å². The molecule has 0 fully saturated rings. The molecule has 5 heteroatoms. The van der Waals surface area contributed by atoms with Gasteiger partial charge in [0.25, 0.3) is 0 Å². The van der Waals surface area contributed by atoms with Gasteiger partial charge in [0.2, 0.25) is 0 Å². The van der Waals surface area contributed by atoms with Crippen molar-refractivity contribution in [3.63, 3.8) is 0 Å². The molecule has 0 amide bonds. The Hall–Kier alpha value is -2.04. The van der Waals surface area contributed by atoms with Crippen LogP contribution in [0.1, 0.15) is 43.8 Å². The summed E-state index contributed by atoms with van der Waals surface area (Å²) >= 11 is 0. The molecular weight excluding hydrogens is 252 g/mol. The zero-order chi connectivity index (χ0) is 14.7. The van der Waals surface area contributed by atoms with Crippen LogP contribution in [0.25, 0.3) is 0 Å². The Balaban J connectivity index is 2.37. The molecule has 2 N–H and O–H groups in total. The van der Waals surface area contributed by atoms with Gasteiger partial charge in [-0.2, -0.15) is 0 Å². The van der Waals surface area contributed by atoms with Crippen molar-refractivity contribution in [2.24, 2.45) is 0 Å². The number of furan rings is 1. The SMILES string of the molecule is CCN(Cc1ccco1)c1nc(C(C)C)nc(N)c1C. The van der Waals surface area contributed by atoms with E-state index in [-0.39, 0.29) is 5.92 Å². The lowest BCUT2D eigenvalue weighted by Crippen LogP contribution is -2.25. The van der Waals surface area contributed by atoms with Gasteiger partial charge < -0.3 is 15.1 Å². The minimum atomic E-state index is 0.249. The Morgan fingerprint density at radius 1 is 1.35 bits per heavy atom. The van der Waals surface area contributed by atoms with Crippen LogP contribution in [-0.4, -0.2) is 16.5 Å². The third-order valence-electron chi connectivity index (χ3n) is 3.30. The van der Waals surface area contributed by atoms with Gasteiger partial charge in [0.15, 0.2) is 0 Å². The van der Waals surface area contributed by atoms with Crippen LogP contribution >= 0.6 is 0 Å². The molecule has 0 aromatic carbocycles. The highest BCUT2D eigenvalue weighted by Crippen LogP contribution is 2.25. The zero-order valence-corrected chi connectivity index (χ0v) is 12.6. The molecule has 0 saturated carbocycles. The first-order chi connectivity index (χ1) is 9.52. The van der Waals surface area contributed by atoms with Gasteiger partial charge in [-0.05, 0) is 26.0 Å². The van der Waals surface area contributed by atoms with Gasteiger partial charge in [0.05, 0.1) is 12.8 Å². The Bertz CT molecular complexity index is 564. The molecule has 0 aliphatic heterocycles. The highest BCUT2D eigenvalue weighted by Gasteiger charge is 2.16. The highest BCUT2D eigenvalue weighted by molar-refractivity contribution is 5.56. The van der Waals surface area contributed by atoms with E-state index in [4.69, 9.17) is 10.2 Å². The largest absolute Gasteiger partial charge is 0.467 e. The summed E-state index contributed by atoms with van der Waals surface area (Å²) in [4.78, 5) is 11.2. The lowest BCUT2D eigenvalue weighted by molar-refractivity contribution is 0.502. The number of rotatable bonds is 5. The first-order valence-electron chi connectivity index (χ1n) is 6.94. The molecule has 2 aromatic heterocycles. The van der Waals surface area contributed by atoms with Crippen molar-refractivity contribution >= 4 is 11.6 Å². The van der Waals surface area contributed by atoms with Gasteiger partial charge in [0.1, 0.15) is 23.2 Å². The minimum absolute atomic E-state index is 0.249. The second-order valence-corrected chi connectivity index (χ2v) is 5.16. The van der Waals surface area contributed by atoms with Crippen LogP contribution in [0.2, 0.25) is 0 Å². The van der Waals surface area contributed by atoms with Gasteiger partial charge in [-0.3, -0.25) is 0 Å². The molecule has 5 nitrogen and oxygen atoms in total. The van der Waals surface area contributed by atoms with E-state index in [1.54, 1.807) is 6.26 Å². The maximum atomic E-state index is 6.02. The van der Waals surface area contributed by atoms with Gasteiger partial charge in [-0.15, -0.1) is 0 Å². The topological polar surface area (TPSA) is 68.2 Å². The molecular formula is C15H22N4O. The summed E-state index contributed by atoms with van der Waals surface area (Å²) in [5, 5.41) is 0. The van der Waals surface area contributed by atoms with Gasteiger partial charge >= 0.3 is 0 Å². The lowest BCUT2D eigenvalue weighted by atomic mass is 10.2. The second kappa shape index (κ2) is 5.94. The summed E-state index contributed by atoms with van der Waals surface area (Å²) in [5.41, 5.74) is 6.94. The summed E-state index contributed by atoms with van der Waals surface area (Å²) in [6.07, 6.45) is 1.68. The van der Waals surface area contributed by atoms with Crippen molar-refractivity contribution in [1.29, 1.82) is 0 Å². The van der Waals surface area contributed by atoms with E-state index < -0.39 is 0 Å². The number of anilines is 2. The average molecular weight is 274 g/mol. The number of aromatic nitrogens is 2. The van der Waals surface area contributed by atoms with Crippen molar-refractivity contribution < 1.29 is 4.42 Å². The van der Waals surface area contributed by atoms with E-state index in [2.05, 4.69) is 35.6 Å². The molecule has 20 heavy (non-hydrogen) atoms. The van der Waals surface area contributed by atoms with Crippen molar-refractivity contribution in [3.05, 3.63) is 35.5 Å². The molecule has 0 unspecified atom stereocenters. The van der Waals surface area contributed by atoms with Crippen molar-refractivity contribution in [3.8, 4) is 0 Å². The van der Waals surface area contributed by atoms with Crippen molar-refractivity contribution in [2.75, 3.05) is 17.2 Å². The molecule has 0 spiro atoms. The predicted molar refractivity (Wildman–Crippen MR) is 80.7 cm³/mol. The third-order valence-corrected chi connectivity index (χ3v) is 3.30. The van der Waals surface area contributed by atoms with Crippen LogP contribution in [0, 0.1) is 6.92 Å². The van der Waals surface area contributed by atoms with Crippen LogP contribution in [0.4, 0.5) is 11.6 Å². The van der Waals surface area contributed by atoms with Crippen LogP contribution in [0.5, 0.6) is 0 Å². The van der Waals surface area contributed by atoms with Crippen LogP contribution in [0.15, 0.2) is 22.8 Å². The molecule has 2 aromatic rings. The monoisotopic (exact) mass is 274 g/mol. The maximum absolute atomic E-state index is 6.02. The number of nitrogen functional groups attached to an aromatic ring is 1. The third kappa shape index (κ3) is 2.92. The summed E-state index contributed by atoms with van der Waals surface area (Å²) in [7, 11) is 0. The Morgan fingerprint density at radius 2 is 2.10 bits per heavy atom. The first-order valence-corrected chi connectivity index (χ1v) is 6.94. The fourth-order valence-corrected chi connectivity index (χ4v) is 2.03. The Kier molecular flexibility index (Phi) is 4.27. The summed E-state index contributed by atoms with van der Waals surface area (Å²) in [6, 6.07) is 3.86. The summed E-state index contributed by atoms with van der Waals surface area (Å²) in [6.45, 7) is 9.69. The number of nitrogens with two attached hydrogens (primary N) is 1. The van der Waals surface area contributed by atoms with E-state index >= 15 is 0 Å². The standard InChI is InChI=1S/C15H22N4O/c1-5-19(9-12-7-6-8-20-12)15-11(4)13(16)17-14(18-15)10(2)3/h6-8,10H,5,9H2,1-4H3,(H2,16,17,18). The Labute approximate surface area is 119 Å². The van der Waals surface area contributed by atoms with Crippen molar-refractivity contribution in [1.82, 2.24) is 9.97 Å². The molecule has 0 bridgehead atoms. The minimum Gasteiger partial charge on any atom is -0.467 e. The molecule has 108 valence electrons. The van der Waals surface area contributed by atoms with Crippen LogP contribution in [-0.2, 0) is 6.54 Å². The number of hydrogen-bond acceptors (Lipinski definition) is 5. The normalized spacial score (nSPS) is 11.1. The quantitative estimate of drug-likeness (QED) is 0.907. The zero-order valence-electron chi connectivity index (χ0n) is 12.6. The van der Waals surface area contributed by atoms with Crippen LogP contribution < -0.4 is 10.6 Å². The molecule has 0 saturated heterocycles. The van der Waals surface area contributed by atoms with E-state index in [9.17, 15) is 0 Å². The first kappa shape index (κ1) is 14.4. The Morgan fingerprint density at radius 3 is 2.65 bits per heavy atom. The highest BCUT2D eigenvalue weighted by atomic mass is 16.3. The lowest BCUT2D eigenvalue weighted by Gasteiger charge is -2.24. The van der Waals surface area contributed by atoms with Gasteiger partial charge in [-0.25, -0.2) is 9.97 Å². The second-order valence-electron chi connectivity index (χ2n) is 5.16. The number of nitrogens with zero attached hydrogens (tertiary/aromatic N) is 3. The predicted octanol–water partition coefficient (Wildman–Crippen LogP) is 3.11. The van der Waals surface area contributed by atoms with Crippen molar-refractivity contribution in [2.45, 2.75) is 40.2 Å². The maximum Gasteiger partial charge on any atom is 0.137 e. The molecule has 0 radical (unpaired) electrons. The van der Waals surface area contributed by atoms with E-state index in [0.717, 1.165) is 29.5 Å². The molecule has 0 aliphatic carbocycles. The smallest absolute Gasteiger partial charge is 0.137 e. The summed E-state index contributed by atoms with van der Waals surface area (Å²) in [5.74, 6) is 3.38. The van der Waals surface area contributed by atoms with E-state index in [0.29, 0.717) is 12.4 Å². The fraction of sp³-hybridized carbons (Fsp3) is 0.467. The fourth-order valence-electron chi connectivity index (χ4n) is 2.03. The molecule has 0 atom stereocenters. The summed E-state index contributed by atoms with van der Waals surface area (Å²) < 4.78 is 5.42. The van der Waals surface area contributed by atoms with E-state index in [1.165, 1.54) is 0 Å².